The molecule has 1 N–H and O–H groups in total. The minimum absolute atomic E-state index is 0.161. The molecule has 0 aliphatic carbocycles. The summed E-state index contributed by atoms with van der Waals surface area (Å²) in [6.07, 6.45) is 2.04. The Bertz CT molecular complexity index is 1180. The monoisotopic (exact) mass is 470 g/mol. The molecule has 1 unspecified atom stereocenters. The summed E-state index contributed by atoms with van der Waals surface area (Å²) in [5.74, 6) is 0.337. The average Bonchev–Trinajstić information content (AvgIpc) is 3.28. The van der Waals surface area contributed by atoms with Gasteiger partial charge in [-0.15, -0.1) is 11.8 Å². The van der Waals surface area contributed by atoms with E-state index in [9.17, 15) is 4.39 Å². The fourth-order valence-electron chi connectivity index (χ4n) is 3.74. The molecule has 0 saturated heterocycles. The Balaban J connectivity index is 1.78. The van der Waals surface area contributed by atoms with Crippen LogP contribution in [0.3, 0.4) is 0 Å². The normalized spacial score (nSPS) is 16.3. The fourth-order valence-corrected chi connectivity index (χ4v) is 4.53. The van der Waals surface area contributed by atoms with Gasteiger partial charge in [0.05, 0.1) is 18.7 Å². The number of nitrogens with zero attached hydrogens (tertiary/aromatic N) is 3. The predicted molar refractivity (Wildman–Crippen MR) is 128 cm³/mol. The molecule has 0 saturated carbocycles. The van der Waals surface area contributed by atoms with Gasteiger partial charge in [-0.3, -0.25) is 0 Å². The van der Waals surface area contributed by atoms with Gasteiger partial charge in [-0.2, -0.15) is 4.98 Å². The molecule has 0 radical (unpaired) electrons. The van der Waals surface area contributed by atoms with Crippen LogP contribution in [-0.4, -0.2) is 40.1 Å². The first-order chi connectivity index (χ1) is 15.5. The summed E-state index contributed by atoms with van der Waals surface area (Å²) in [5, 5.41) is 8.16. The first-order valence-corrected chi connectivity index (χ1v) is 11.7. The molecule has 1 aliphatic rings. The molecule has 0 bridgehead atoms. The van der Waals surface area contributed by atoms with Crippen molar-refractivity contribution < 1.29 is 13.7 Å². The fraction of sp³-hybridized carbons (Fsp3) is 0.261. The van der Waals surface area contributed by atoms with Crippen LogP contribution in [0.5, 0.6) is 5.75 Å². The Morgan fingerprint density at radius 2 is 2.00 bits per heavy atom. The second kappa shape index (κ2) is 9.30. The van der Waals surface area contributed by atoms with Crippen molar-refractivity contribution in [1.29, 1.82) is 0 Å². The number of methoxy groups -OCH3 is 1. The highest BCUT2D eigenvalue weighted by Gasteiger charge is 2.33. The number of halogens is 1. The number of rotatable bonds is 6. The lowest BCUT2D eigenvalue weighted by atomic mass is 9.95. The number of allylic oxidation sites excluding steroid dienone is 1. The van der Waals surface area contributed by atoms with Gasteiger partial charge in [0.25, 0.3) is 5.89 Å². The van der Waals surface area contributed by atoms with Crippen molar-refractivity contribution in [2.24, 2.45) is 0 Å². The van der Waals surface area contributed by atoms with Crippen LogP contribution in [0.2, 0.25) is 0 Å². The number of ether oxygens (including phenoxy) is 1. The van der Waals surface area contributed by atoms with Crippen LogP contribution in [0.25, 0.3) is 17.0 Å². The second-order valence-electron chi connectivity index (χ2n) is 7.17. The van der Waals surface area contributed by atoms with Crippen LogP contribution in [0.15, 0.2) is 57.6 Å². The van der Waals surface area contributed by atoms with Gasteiger partial charge in [0.2, 0.25) is 5.82 Å². The zero-order valence-corrected chi connectivity index (χ0v) is 19.8. The lowest BCUT2D eigenvalue weighted by Gasteiger charge is -2.36. The van der Waals surface area contributed by atoms with Gasteiger partial charge in [0.1, 0.15) is 0 Å². The van der Waals surface area contributed by atoms with Crippen LogP contribution in [-0.2, 0) is 0 Å². The summed E-state index contributed by atoms with van der Waals surface area (Å²) in [6.45, 7) is 4.72. The van der Waals surface area contributed by atoms with Gasteiger partial charge < -0.3 is 19.5 Å². The lowest BCUT2D eigenvalue weighted by Crippen LogP contribution is -2.45. The maximum Gasteiger partial charge on any atom is 0.258 e. The van der Waals surface area contributed by atoms with Crippen molar-refractivity contribution >= 4 is 34.7 Å². The van der Waals surface area contributed by atoms with E-state index in [2.05, 4.69) is 39.7 Å². The quantitative estimate of drug-likeness (QED) is 0.385. The topological polar surface area (TPSA) is 63.4 Å². The maximum absolute atomic E-state index is 14.2. The van der Waals surface area contributed by atoms with Gasteiger partial charge in [0, 0.05) is 22.7 Å². The third-order valence-corrected chi connectivity index (χ3v) is 6.51. The summed E-state index contributed by atoms with van der Waals surface area (Å²) in [4.78, 5) is 7.76. The minimum Gasteiger partial charge on any atom is -0.494 e. The lowest BCUT2D eigenvalue weighted by molar-refractivity contribution is 0.386. The van der Waals surface area contributed by atoms with Crippen LogP contribution in [0.1, 0.15) is 31.3 Å². The SMILES string of the molecule is CCN1C(=S)NC(c2ccc(SC)cc2)C(c2nc(-c3ccc(OC)c(F)c3)no2)=C1C. The van der Waals surface area contributed by atoms with Crippen LogP contribution < -0.4 is 10.1 Å². The highest BCUT2D eigenvalue weighted by molar-refractivity contribution is 7.98. The Labute approximate surface area is 195 Å². The maximum atomic E-state index is 14.2. The Kier molecular flexibility index (Phi) is 6.48. The molecule has 32 heavy (non-hydrogen) atoms. The largest absolute Gasteiger partial charge is 0.494 e. The molecular weight excluding hydrogens is 447 g/mol. The molecule has 1 atom stereocenters. The van der Waals surface area contributed by atoms with Gasteiger partial charge in [-0.25, -0.2) is 4.39 Å². The van der Waals surface area contributed by atoms with Gasteiger partial charge in [-0.05, 0) is 68.2 Å². The number of thioether (sulfide) groups is 1. The van der Waals surface area contributed by atoms with Crippen LogP contribution in [0.4, 0.5) is 4.39 Å². The molecule has 3 aromatic rings. The smallest absolute Gasteiger partial charge is 0.258 e. The van der Waals surface area contributed by atoms with Crippen molar-refractivity contribution in [3.8, 4) is 17.1 Å². The van der Waals surface area contributed by atoms with E-state index in [1.165, 1.54) is 18.1 Å². The predicted octanol–water partition coefficient (Wildman–Crippen LogP) is 5.29. The summed E-state index contributed by atoms with van der Waals surface area (Å²) in [5.41, 5.74) is 3.31. The molecule has 6 nitrogen and oxygen atoms in total. The van der Waals surface area contributed by atoms with Gasteiger partial charge in [-0.1, -0.05) is 17.3 Å². The number of aromatic nitrogens is 2. The van der Waals surface area contributed by atoms with Crippen molar-refractivity contribution in [3.05, 3.63) is 65.4 Å². The average molecular weight is 471 g/mol. The number of benzene rings is 2. The highest BCUT2D eigenvalue weighted by atomic mass is 32.2. The van der Waals surface area contributed by atoms with Crippen molar-refractivity contribution in [1.82, 2.24) is 20.4 Å². The molecule has 0 fully saturated rings. The van der Waals surface area contributed by atoms with Crippen molar-refractivity contribution in [3.63, 3.8) is 0 Å². The van der Waals surface area contributed by atoms with Crippen LogP contribution in [0, 0.1) is 5.82 Å². The summed E-state index contributed by atoms with van der Waals surface area (Å²) < 4.78 is 24.8. The third kappa shape index (κ3) is 4.10. The highest BCUT2D eigenvalue weighted by Crippen LogP contribution is 2.38. The van der Waals surface area contributed by atoms with E-state index in [1.807, 2.05) is 25.0 Å². The Hall–Kier alpha value is -2.91. The summed E-state index contributed by atoms with van der Waals surface area (Å²) in [7, 11) is 1.42. The Morgan fingerprint density at radius 3 is 2.62 bits per heavy atom. The number of thiocarbonyl (C=S) groups is 1. The summed E-state index contributed by atoms with van der Waals surface area (Å²) in [6, 6.07) is 12.6. The van der Waals surface area contributed by atoms with E-state index in [0.29, 0.717) is 28.9 Å². The van der Waals surface area contributed by atoms with Gasteiger partial charge in [0.15, 0.2) is 16.7 Å². The number of hydrogen-bond donors (Lipinski definition) is 1. The molecule has 0 spiro atoms. The zero-order chi connectivity index (χ0) is 22.8. The van der Waals surface area contributed by atoms with Crippen LogP contribution >= 0.6 is 24.0 Å². The zero-order valence-electron chi connectivity index (χ0n) is 18.2. The molecule has 1 aromatic heterocycles. The molecule has 4 rings (SSSR count). The molecule has 2 aromatic carbocycles. The second-order valence-corrected chi connectivity index (χ2v) is 8.44. The third-order valence-electron chi connectivity index (χ3n) is 5.43. The van der Waals surface area contributed by atoms with Gasteiger partial charge >= 0.3 is 0 Å². The van der Waals surface area contributed by atoms with E-state index in [-0.39, 0.29) is 11.8 Å². The molecule has 166 valence electrons. The minimum atomic E-state index is -0.486. The Morgan fingerprint density at radius 1 is 1.25 bits per heavy atom. The molecule has 9 heteroatoms. The van der Waals surface area contributed by atoms with E-state index < -0.39 is 5.82 Å². The first kappa shape index (κ1) is 22.3. The molecule has 1 aliphatic heterocycles. The van der Waals surface area contributed by atoms with E-state index in [0.717, 1.165) is 16.8 Å². The molecule has 2 heterocycles. The van der Waals surface area contributed by atoms with E-state index in [4.69, 9.17) is 21.5 Å². The van der Waals surface area contributed by atoms with E-state index >= 15 is 0 Å². The van der Waals surface area contributed by atoms with Crippen molar-refractivity contribution in [2.75, 3.05) is 19.9 Å². The number of hydrogen-bond acceptors (Lipinski definition) is 6. The summed E-state index contributed by atoms with van der Waals surface area (Å²) >= 11 is 7.29. The van der Waals surface area contributed by atoms with Crippen molar-refractivity contribution in [2.45, 2.75) is 24.8 Å². The first-order valence-electron chi connectivity index (χ1n) is 10.1. The standard InChI is InChI=1S/C23H23FN4O2S2/c1-5-28-13(2)19(20(25-23(28)31)14-6-9-16(32-4)10-7-14)22-26-21(27-30-22)15-8-11-18(29-3)17(24)12-15/h6-12,20H,5H2,1-4H3,(H,25,31). The van der Waals surface area contributed by atoms with E-state index in [1.54, 1.807) is 23.9 Å². The molecular formula is C23H23FN4O2S2. The molecule has 0 amide bonds. The number of nitrogens with one attached hydrogen (secondary N) is 1.